The van der Waals surface area contributed by atoms with Crippen molar-refractivity contribution in [1.29, 1.82) is 0 Å². The van der Waals surface area contributed by atoms with Gasteiger partial charge >= 0.3 is 0 Å². The first kappa shape index (κ1) is 10.0. The standard InChI is InChI=1S/C23H28F2N6O4S/c1-2-7-36-23-27-21(26-15-9-12(15)11-3-4-13(24)14(25)8-11)18-22(28-23)31(30-29-18)16-10-17(35-6-5-32)20(34)19(16)33/h3-4,8,12,15-17,19-20,32-34H,2,5-7,9-10H2,1H3,(H,26,27,28)/t12?,15-,16+,17-,19-,20+/m0/s1/i1D3,2D2,3D,4D,5D2,7D2,8D,9D2,10D2,12D,15D,16D,17D,19D,20D. The predicted molar refractivity (Wildman–Crippen MR) is 128 cm³/mol. The number of aromatic nitrogens is 5. The Balaban J connectivity index is 1.81. The molecule has 2 aliphatic carbocycles. The van der Waals surface area contributed by atoms with Crippen molar-refractivity contribution in [2.75, 3.05) is 24.2 Å². The number of benzene rings is 1. The van der Waals surface area contributed by atoms with E-state index in [0.29, 0.717) is 0 Å². The highest BCUT2D eigenvalue weighted by atomic mass is 32.2. The number of rotatable bonds is 10. The molecule has 0 saturated heterocycles. The predicted octanol–water partition coefficient (Wildman–Crippen LogP) is 2.01. The molecule has 4 N–H and O–H groups in total. The van der Waals surface area contributed by atoms with E-state index < -0.39 is 150 Å². The molecule has 2 aromatic heterocycles. The van der Waals surface area contributed by atoms with Crippen LogP contribution in [0.1, 0.15) is 73.6 Å². The Kier molecular flexibility index (Phi) is 2.92. The first-order valence-corrected chi connectivity index (χ1v) is 10.3. The molecule has 36 heavy (non-hydrogen) atoms. The maximum absolute atomic E-state index is 14.7. The Morgan fingerprint density at radius 3 is 3.00 bits per heavy atom. The Hall–Kier alpha value is -2.45. The number of ether oxygens (including phenoxy) is 1. The van der Waals surface area contributed by atoms with Crippen LogP contribution in [0.25, 0.3) is 11.2 Å². The molecular formula is C23H28F2N6O4S. The molecule has 1 aromatic carbocycles. The number of nitrogens with zero attached hydrogens (tertiary/aromatic N) is 5. The maximum Gasteiger partial charge on any atom is 0.191 e. The van der Waals surface area contributed by atoms with Crippen molar-refractivity contribution in [2.45, 2.75) is 67.3 Å². The van der Waals surface area contributed by atoms with Crippen molar-refractivity contribution < 1.29 is 59.0 Å². The zero-order chi connectivity index (χ0) is 45.0. The van der Waals surface area contributed by atoms with E-state index in [-0.39, 0.29) is 4.68 Å². The third-order valence-electron chi connectivity index (χ3n) is 4.52. The quantitative estimate of drug-likeness (QED) is 0.221. The third kappa shape index (κ3) is 4.90. The molecule has 194 valence electrons. The highest BCUT2D eigenvalue weighted by Gasteiger charge is 2.45. The van der Waals surface area contributed by atoms with Crippen molar-refractivity contribution in [2.24, 2.45) is 0 Å². The minimum atomic E-state index is -4.40. The number of aliphatic hydroxyl groups is 3. The molecular weight excluding hydrogens is 494 g/mol. The van der Waals surface area contributed by atoms with E-state index in [9.17, 15) is 24.1 Å². The summed E-state index contributed by atoms with van der Waals surface area (Å²) in [7, 11) is 0. The number of fused-ring (bicyclic) bond motifs is 1. The second-order valence-corrected chi connectivity index (χ2v) is 7.46. The summed E-state index contributed by atoms with van der Waals surface area (Å²) in [5.41, 5.74) is -7.25. The number of hydrogen-bond acceptors (Lipinski definition) is 10. The number of anilines is 1. The largest absolute Gasteiger partial charge is 0.394 e. The molecule has 2 heterocycles. The number of halogens is 2. The topological polar surface area (TPSA) is 138 Å². The van der Waals surface area contributed by atoms with Gasteiger partial charge in [0.05, 0.1) is 39.0 Å². The van der Waals surface area contributed by atoms with Crippen LogP contribution in [-0.4, -0.2) is 83.4 Å². The number of hydrogen-bond donors (Lipinski definition) is 4. The summed E-state index contributed by atoms with van der Waals surface area (Å²) in [6.07, 6.45) is -24.2. The van der Waals surface area contributed by atoms with E-state index in [0.717, 1.165) is 0 Å². The van der Waals surface area contributed by atoms with Gasteiger partial charge in [0.15, 0.2) is 33.8 Å². The van der Waals surface area contributed by atoms with Gasteiger partial charge in [-0.1, -0.05) is 29.9 Å². The lowest BCUT2D eigenvalue weighted by Gasteiger charge is -2.17. The van der Waals surface area contributed by atoms with Crippen molar-refractivity contribution >= 4 is 28.7 Å². The first-order chi connectivity index (χ1) is 25.6. The van der Waals surface area contributed by atoms with E-state index in [1.165, 1.54) is 0 Å². The van der Waals surface area contributed by atoms with Crippen LogP contribution in [0.5, 0.6) is 0 Å². The normalized spacial score (nSPS) is 53.1. The molecule has 0 amide bonds. The molecule has 2 saturated carbocycles. The smallest absolute Gasteiger partial charge is 0.191 e. The van der Waals surface area contributed by atoms with Gasteiger partial charge in [-0.2, -0.15) is 0 Å². The molecule has 6 atom stereocenters. The fourth-order valence-corrected chi connectivity index (χ4v) is 3.35. The first-order valence-electron chi connectivity index (χ1n) is 20.5. The highest BCUT2D eigenvalue weighted by molar-refractivity contribution is 7.99. The lowest BCUT2D eigenvalue weighted by atomic mass is 10.1. The van der Waals surface area contributed by atoms with Gasteiger partial charge in [-0.15, -0.1) is 5.10 Å². The van der Waals surface area contributed by atoms with Gasteiger partial charge in [-0.3, -0.25) is 0 Å². The summed E-state index contributed by atoms with van der Waals surface area (Å²) in [5, 5.41) is 39.6. The van der Waals surface area contributed by atoms with E-state index in [1.54, 1.807) is 0 Å². The molecule has 2 aliphatic rings. The molecule has 0 radical (unpaired) electrons. The molecule has 1 unspecified atom stereocenters. The summed E-state index contributed by atoms with van der Waals surface area (Å²) >= 11 is -0.467. The van der Waals surface area contributed by atoms with Crippen molar-refractivity contribution in [3.05, 3.63) is 35.3 Å². The second-order valence-electron chi connectivity index (χ2n) is 6.68. The van der Waals surface area contributed by atoms with Crippen LogP contribution in [0.15, 0.2) is 23.3 Å². The Morgan fingerprint density at radius 2 is 2.19 bits per heavy atom. The van der Waals surface area contributed by atoms with E-state index in [2.05, 4.69) is 20.3 Å². The molecule has 0 spiro atoms. The van der Waals surface area contributed by atoms with Crippen molar-refractivity contribution in [3.63, 3.8) is 0 Å². The van der Waals surface area contributed by atoms with E-state index >= 15 is 0 Å². The zero-order valence-electron chi connectivity index (χ0n) is 39.4. The fraction of sp³-hybridized carbons (Fsp3) is 0.565. The number of thioether (sulfide) groups is 1. The van der Waals surface area contributed by atoms with Crippen molar-refractivity contribution in [3.8, 4) is 0 Å². The lowest BCUT2D eigenvalue weighted by Crippen LogP contribution is -2.33. The average Bonchev–Trinajstić information content (AvgIpc) is 3.33. The minimum absolute atomic E-state index is 0.232. The van der Waals surface area contributed by atoms with E-state index in [4.69, 9.17) is 34.9 Å². The lowest BCUT2D eigenvalue weighted by molar-refractivity contribution is -0.0629. The Bertz CT molecular complexity index is 2180. The highest BCUT2D eigenvalue weighted by Crippen LogP contribution is 2.44. The molecule has 2 fully saturated rings. The fourth-order valence-electron chi connectivity index (χ4n) is 2.94. The van der Waals surface area contributed by atoms with Crippen LogP contribution in [0.3, 0.4) is 0 Å². The molecule has 10 nitrogen and oxygen atoms in total. The Morgan fingerprint density at radius 1 is 1.33 bits per heavy atom. The molecule has 3 aromatic rings. The van der Waals surface area contributed by atoms with Gasteiger partial charge in [-0.05, 0) is 30.4 Å². The monoisotopic (exact) mass is 544 g/mol. The molecule has 5 rings (SSSR count). The average molecular weight is 545 g/mol. The van der Waals surface area contributed by atoms with Crippen LogP contribution >= 0.6 is 11.8 Å². The summed E-state index contributed by atoms with van der Waals surface area (Å²) in [6, 6.07) is -12.0. The van der Waals surface area contributed by atoms with Gasteiger partial charge in [0.1, 0.15) is 12.2 Å². The molecule has 0 aliphatic heterocycles. The summed E-state index contributed by atoms with van der Waals surface area (Å²) < 4.78 is 213. The van der Waals surface area contributed by atoms with Crippen LogP contribution in [0.4, 0.5) is 14.6 Å². The Labute approximate surface area is 241 Å². The SMILES string of the molecule is [2H]c1c([2H])c(C2([2H])C([2H])([2H])[C@]2([2H])Nc2nc(SC([2H])([2H])C([2H])([2H])C([2H])([2H])[2H])nc3c2nnn3[C@]2([2H])C([2H])([2H])[C@]([2H])(OCC([2H])([2H])O)[C@@]([2H])(O)[C@@]2([2H])O)c([2H])c(F)c1F. The van der Waals surface area contributed by atoms with Gasteiger partial charge in [0.2, 0.25) is 0 Å². The van der Waals surface area contributed by atoms with E-state index in [1.807, 2.05) is 5.32 Å². The van der Waals surface area contributed by atoms with Crippen molar-refractivity contribution in [1.82, 2.24) is 25.0 Å². The molecule has 13 heteroatoms. The van der Waals surface area contributed by atoms with Gasteiger partial charge in [0, 0.05) is 40.4 Å². The summed E-state index contributed by atoms with van der Waals surface area (Å²) in [5.74, 6) is -8.62. The molecule has 0 bridgehead atoms. The minimum Gasteiger partial charge on any atom is -0.394 e. The van der Waals surface area contributed by atoms with Gasteiger partial charge in [0.25, 0.3) is 0 Å². The zero-order valence-corrected chi connectivity index (χ0v) is 18.2. The number of nitrogens with one attached hydrogen (secondary N) is 1. The summed E-state index contributed by atoms with van der Waals surface area (Å²) in [6.45, 7) is -8.85. The second kappa shape index (κ2) is 10.5. The van der Waals surface area contributed by atoms with Crippen LogP contribution in [0, 0.1) is 11.6 Å². The maximum atomic E-state index is 14.7. The van der Waals surface area contributed by atoms with Crippen LogP contribution in [-0.2, 0) is 4.74 Å². The van der Waals surface area contributed by atoms with Crippen LogP contribution < -0.4 is 5.32 Å². The van der Waals surface area contributed by atoms with Crippen LogP contribution in [0.2, 0.25) is 0 Å². The van der Waals surface area contributed by atoms with Gasteiger partial charge in [-0.25, -0.2) is 23.4 Å². The van der Waals surface area contributed by atoms with Gasteiger partial charge < -0.3 is 25.4 Å². The third-order valence-corrected chi connectivity index (χ3v) is 5.09. The summed E-state index contributed by atoms with van der Waals surface area (Å²) in [4.78, 5) is 7.57.